The maximum atomic E-state index is 12.6. The van der Waals surface area contributed by atoms with Crippen molar-refractivity contribution in [2.24, 2.45) is 17.8 Å². The number of anilines is 1. The molecule has 2 bridgehead atoms. The molecule has 27 heavy (non-hydrogen) atoms. The Labute approximate surface area is 163 Å². The molecule has 0 spiro atoms. The van der Waals surface area contributed by atoms with Gasteiger partial charge in [0.1, 0.15) is 5.75 Å². The minimum absolute atomic E-state index is 0.191. The molecule has 0 radical (unpaired) electrons. The first kappa shape index (κ1) is 18.6. The first-order valence-electron chi connectivity index (χ1n) is 10.5. The summed E-state index contributed by atoms with van der Waals surface area (Å²) in [5.74, 6) is 3.60. The van der Waals surface area contributed by atoms with Gasteiger partial charge in [-0.2, -0.15) is 0 Å². The summed E-state index contributed by atoms with van der Waals surface area (Å²) in [5.41, 5.74) is 1.15. The van der Waals surface area contributed by atoms with E-state index < -0.39 is 0 Å². The Bertz CT molecular complexity index is 657. The summed E-state index contributed by atoms with van der Waals surface area (Å²) in [6, 6.07) is 8.49. The average molecular weight is 372 g/mol. The number of amides is 1. The fourth-order valence-corrected chi connectivity index (χ4v) is 5.55. The van der Waals surface area contributed by atoms with Crippen molar-refractivity contribution in [2.45, 2.75) is 38.6 Å². The number of benzene rings is 1. The van der Waals surface area contributed by atoms with E-state index in [0.29, 0.717) is 18.5 Å². The second kappa shape index (κ2) is 8.09. The maximum absolute atomic E-state index is 12.6. The maximum Gasteiger partial charge on any atom is 0.234 e. The van der Waals surface area contributed by atoms with Gasteiger partial charge in [0.05, 0.1) is 19.3 Å². The normalized spacial score (nSPS) is 29.0. The van der Waals surface area contributed by atoms with Gasteiger partial charge in [-0.25, -0.2) is 0 Å². The fraction of sp³-hybridized carbons (Fsp3) is 0.682. The summed E-state index contributed by atoms with van der Waals surface area (Å²) < 4.78 is 5.48. The van der Waals surface area contributed by atoms with E-state index in [-0.39, 0.29) is 5.91 Å². The minimum atomic E-state index is 0.191. The zero-order valence-corrected chi connectivity index (χ0v) is 16.7. The van der Waals surface area contributed by atoms with Gasteiger partial charge in [-0.15, -0.1) is 0 Å². The third kappa shape index (κ3) is 4.08. The van der Waals surface area contributed by atoms with Crippen LogP contribution in [0.5, 0.6) is 5.75 Å². The van der Waals surface area contributed by atoms with E-state index in [0.717, 1.165) is 49.5 Å². The van der Waals surface area contributed by atoms with Gasteiger partial charge in [-0.1, -0.05) is 18.6 Å². The smallest absolute Gasteiger partial charge is 0.234 e. The monoisotopic (exact) mass is 371 g/mol. The zero-order chi connectivity index (χ0) is 18.8. The van der Waals surface area contributed by atoms with E-state index in [1.165, 1.54) is 25.7 Å². The number of ether oxygens (including phenoxy) is 1. The molecule has 1 N–H and O–H groups in total. The first-order valence-corrected chi connectivity index (χ1v) is 10.5. The Morgan fingerprint density at radius 1 is 1.19 bits per heavy atom. The van der Waals surface area contributed by atoms with Gasteiger partial charge in [-0.3, -0.25) is 9.69 Å². The van der Waals surface area contributed by atoms with Crippen LogP contribution >= 0.6 is 0 Å². The van der Waals surface area contributed by atoms with Crippen LogP contribution in [-0.2, 0) is 4.79 Å². The Morgan fingerprint density at radius 2 is 1.96 bits per heavy atom. The molecule has 148 valence electrons. The van der Waals surface area contributed by atoms with Crippen molar-refractivity contribution in [1.82, 2.24) is 10.2 Å². The summed E-state index contributed by atoms with van der Waals surface area (Å²) in [6.45, 7) is 6.40. The van der Waals surface area contributed by atoms with Crippen molar-refractivity contribution in [3.63, 3.8) is 0 Å². The third-order valence-electron chi connectivity index (χ3n) is 6.99. The molecule has 3 fully saturated rings. The second-order valence-corrected chi connectivity index (χ2v) is 8.63. The number of carbonyl (C=O) groups is 1. The number of para-hydroxylation sites is 2. The molecule has 1 aromatic carbocycles. The Kier molecular flexibility index (Phi) is 5.58. The Hall–Kier alpha value is -1.75. The van der Waals surface area contributed by atoms with Gasteiger partial charge in [0.15, 0.2) is 0 Å². The molecular formula is C22H33N3O2. The number of carbonyl (C=O) groups excluding carboxylic acids is 1. The summed E-state index contributed by atoms with van der Waals surface area (Å²) in [5, 5.41) is 3.30. The lowest BCUT2D eigenvalue weighted by atomic mass is 9.84. The molecule has 3 aliphatic rings. The second-order valence-electron chi connectivity index (χ2n) is 8.63. The molecule has 1 saturated heterocycles. The quantitative estimate of drug-likeness (QED) is 0.835. The van der Waals surface area contributed by atoms with Gasteiger partial charge in [0, 0.05) is 32.2 Å². The lowest BCUT2D eigenvalue weighted by Crippen LogP contribution is -2.51. The molecule has 4 rings (SSSR count). The summed E-state index contributed by atoms with van der Waals surface area (Å²) >= 11 is 0. The predicted molar refractivity (Wildman–Crippen MR) is 108 cm³/mol. The molecule has 1 aromatic rings. The highest BCUT2D eigenvalue weighted by molar-refractivity contribution is 5.78. The van der Waals surface area contributed by atoms with Crippen LogP contribution in [0.4, 0.5) is 5.69 Å². The molecule has 5 nitrogen and oxygen atoms in total. The number of rotatable bonds is 6. The number of hydrogen-bond acceptors (Lipinski definition) is 4. The third-order valence-corrected chi connectivity index (χ3v) is 6.99. The summed E-state index contributed by atoms with van der Waals surface area (Å²) in [7, 11) is 1.72. The molecule has 4 atom stereocenters. The summed E-state index contributed by atoms with van der Waals surface area (Å²) in [4.78, 5) is 17.2. The highest BCUT2D eigenvalue weighted by atomic mass is 16.5. The topological polar surface area (TPSA) is 44.8 Å². The van der Waals surface area contributed by atoms with Crippen molar-refractivity contribution in [3.05, 3.63) is 24.3 Å². The number of nitrogens with zero attached hydrogens (tertiary/aromatic N) is 2. The van der Waals surface area contributed by atoms with Crippen LogP contribution in [0.3, 0.4) is 0 Å². The largest absolute Gasteiger partial charge is 0.495 e. The highest BCUT2D eigenvalue weighted by Crippen LogP contribution is 2.49. The summed E-state index contributed by atoms with van der Waals surface area (Å²) in [6.07, 6.45) is 5.51. The van der Waals surface area contributed by atoms with Crippen molar-refractivity contribution in [2.75, 3.05) is 44.7 Å². The molecule has 2 aliphatic carbocycles. The van der Waals surface area contributed by atoms with Crippen LogP contribution in [0.25, 0.3) is 0 Å². The van der Waals surface area contributed by atoms with Crippen molar-refractivity contribution in [1.29, 1.82) is 0 Å². The van der Waals surface area contributed by atoms with E-state index in [1.54, 1.807) is 7.11 Å². The molecule has 1 aliphatic heterocycles. The predicted octanol–water partition coefficient (Wildman–Crippen LogP) is 2.76. The SMILES string of the molecule is COc1ccccc1N1CCN(CC(=O)N[C@@H](C)[C@H]2C[C@H]3CC[C@H]2C3)CC1. The van der Waals surface area contributed by atoms with Crippen LogP contribution in [0, 0.1) is 17.8 Å². The number of nitrogens with one attached hydrogen (secondary N) is 1. The van der Waals surface area contributed by atoms with Crippen LogP contribution < -0.4 is 15.0 Å². The Morgan fingerprint density at radius 3 is 2.63 bits per heavy atom. The molecule has 5 heteroatoms. The van der Waals surface area contributed by atoms with E-state index in [1.807, 2.05) is 12.1 Å². The van der Waals surface area contributed by atoms with Gasteiger partial charge in [0.25, 0.3) is 0 Å². The van der Waals surface area contributed by atoms with Crippen molar-refractivity contribution in [3.8, 4) is 5.75 Å². The average Bonchev–Trinajstić information content (AvgIpc) is 3.32. The number of methoxy groups -OCH3 is 1. The lowest BCUT2D eigenvalue weighted by Gasteiger charge is -2.36. The first-order chi connectivity index (χ1) is 13.1. The number of hydrogen-bond donors (Lipinski definition) is 1. The van der Waals surface area contributed by atoms with E-state index in [9.17, 15) is 4.79 Å². The van der Waals surface area contributed by atoms with Gasteiger partial charge in [0.2, 0.25) is 5.91 Å². The molecule has 0 unspecified atom stereocenters. The lowest BCUT2D eigenvalue weighted by molar-refractivity contribution is -0.123. The van der Waals surface area contributed by atoms with Crippen LogP contribution in [0.1, 0.15) is 32.6 Å². The van der Waals surface area contributed by atoms with Crippen molar-refractivity contribution >= 4 is 11.6 Å². The fourth-order valence-electron chi connectivity index (χ4n) is 5.55. The number of fused-ring (bicyclic) bond motifs is 2. The van der Waals surface area contributed by atoms with E-state index >= 15 is 0 Å². The standard InChI is InChI=1S/C22H33N3O2/c1-16(19-14-17-7-8-18(19)13-17)23-22(26)15-24-9-11-25(12-10-24)20-5-3-4-6-21(20)27-2/h3-6,16-19H,7-15H2,1-2H3,(H,23,26)/t16-,17-,18-,19+/m0/s1. The molecule has 1 heterocycles. The van der Waals surface area contributed by atoms with Gasteiger partial charge in [-0.05, 0) is 56.1 Å². The van der Waals surface area contributed by atoms with Crippen LogP contribution in [0.15, 0.2) is 24.3 Å². The van der Waals surface area contributed by atoms with Crippen molar-refractivity contribution < 1.29 is 9.53 Å². The molecule has 1 amide bonds. The Balaban J connectivity index is 1.23. The van der Waals surface area contributed by atoms with Crippen LogP contribution in [-0.4, -0.2) is 56.7 Å². The molecular weight excluding hydrogens is 338 g/mol. The minimum Gasteiger partial charge on any atom is -0.495 e. The van der Waals surface area contributed by atoms with Crippen LogP contribution in [0.2, 0.25) is 0 Å². The van der Waals surface area contributed by atoms with E-state index in [4.69, 9.17) is 4.74 Å². The van der Waals surface area contributed by atoms with Gasteiger partial charge < -0.3 is 15.0 Å². The van der Waals surface area contributed by atoms with E-state index in [2.05, 4.69) is 34.2 Å². The molecule has 0 aromatic heterocycles. The number of piperazine rings is 1. The zero-order valence-electron chi connectivity index (χ0n) is 16.7. The van der Waals surface area contributed by atoms with Gasteiger partial charge >= 0.3 is 0 Å². The highest BCUT2D eigenvalue weighted by Gasteiger charge is 2.42. The molecule has 2 saturated carbocycles.